The minimum absolute atomic E-state index is 0.0352. The number of benzene rings is 2. The first-order valence-electron chi connectivity index (χ1n) is 10.3. The highest BCUT2D eigenvalue weighted by Crippen LogP contribution is 2.36. The van der Waals surface area contributed by atoms with Crippen LogP contribution >= 0.6 is 0 Å². The number of carbonyl (C=O) groups excluding carboxylic acids is 2. The van der Waals surface area contributed by atoms with Gasteiger partial charge in [-0.3, -0.25) is 10.1 Å². The van der Waals surface area contributed by atoms with Gasteiger partial charge in [-0.15, -0.1) is 0 Å². The van der Waals surface area contributed by atoms with Crippen molar-refractivity contribution in [2.75, 3.05) is 27.3 Å². The molecule has 1 aliphatic heterocycles. The Kier molecular flexibility index (Phi) is 5.90. The highest BCUT2D eigenvalue weighted by atomic mass is 16.5. The van der Waals surface area contributed by atoms with Crippen LogP contribution in [0.4, 0.5) is 4.79 Å². The van der Waals surface area contributed by atoms with Crippen molar-refractivity contribution in [3.05, 3.63) is 59.2 Å². The summed E-state index contributed by atoms with van der Waals surface area (Å²) in [5.74, 6) is 1.11. The second-order valence-electron chi connectivity index (χ2n) is 7.88. The maximum Gasteiger partial charge on any atom is 0.321 e. The SMILES string of the molecule is COc1cc2c(cc1OC)[C@@H](c1ccccc1)[NH+](CC(=O)NC(=O)NC1CC1)CC2. The van der Waals surface area contributed by atoms with E-state index < -0.39 is 6.03 Å². The highest BCUT2D eigenvalue weighted by molar-refractivity contribution is 5.94. The number of amides is 3. The van der Waals surface area contributed by atoms with Crippen LogP contribution in [0.25, 0.3) is 0 Å². The summed E-state index contributed by atoms with van der Waals surface area (Å²) in [6.45, 7) is 0.991. The van der Waals surface area contributed by atoms with Crippen LogP contribution in [0.3, 0.4) is 0 Å². The second-order valence-corrected chi connectivity index (χ2v) is 7.88. The average Bonchev–Trinajstić information content (AvgIpc) is 3.56. The zero-order chi connectivity index (χ0) is 21.1. The number of methoxy groups -OCH3 is 2. The Morgan fingerprint density at radius 3 is 2.43 bits per heavy atom. The summed E-state index contributed by atoms with van der Waals surface area (Å²) in [6.07, 6.45) is 2.78. The predicted octanol–water partition coefficient (Wildman–Crippen LogP) is 1.22. The molecule has 0 spiro atoms. The third-order valence-electron chi connectivity index (χ3n) is 5.77. The van der Waals surface area contributed by atoms with E-state index >= 15 is 0 Å². The standard InChI is InChI=1S/C23H27N3O4/c1-29-19-12-16-10-11-26(14-21(27)25-23(28)24-17-8-9-17)22(15-6-4-3-5-7-15)18(16)13-20(19)30-2/h3-7,12-13,17,22H,8-11,14H2,1-2H3,(H2,24,25,27,28)/p+1/t22-/m1/s1. The van der Waals surface area contributed by atoms with Gasteiger partial charge in [0.05, 0.1) is 20.8 Å². The molecule has 0 saturated heterocycles. The molecule has 0 aromatic heterocycles. The number of hydrogen-bond donors (Lipinski definition) is 3. The van der Waals surface area contributed by atoms with Gasteiger partial charge in [0.1, 0.15) is 6.04 Å². The van der Waals surface area contributed by atoms with Crippen molar-refractivity contribution < 1.29 is 24.0 Å². The molecule has 3 amide bonds. The fourth-order valence-corrected chi connectivity index (χ4v) is 4.16. The molecule has 2 aromatic rings. The van der Waals surface area contributed by atoms with E-state index in [0.29, 0.717) is 11.5 Å². The van der Waals surface area contributed by atoms with E-state index in [1.165, 1.54) is 5.56 Å². The van der Waals surface area contributed by atoms with Gasteiger partial charge in [-0.2, -0.15) is 0 Å². The minimum atomic E-state index is -0.401. The number of rotatable bonds is 6. The molecule has 0 bridgehead atoms. The van der Waals surface area contributed by atoms with E-state index in [-0.39, 0.29) is 24.5 Å². The minimum Gasteiger partial charge on any atom is -0.493 e. The van der Waals surface area contributed by atoms with E-state index in [1.54, 1.807) is 14.2 Å². The Hall–Kier alpha value is -3.06. The highest BCUT2D eigenvalue weighted by Gasteiger charge is 2.35. The van der Waals surface area contributed by atoms with Gasteiger partial charge in [0.2, 0.25) is 0 Å². The number of carbonyl (C=O) groups is 2. The van der Waals surface area contributed by atoms with Crippen LogP contribution in [-0.2, 0) is 11.2 Å². The molecule has 30 heavy (non-hydrogen) atoms. The third-order valence-corrected chi connectivity index (χ3v) is 5.77. The lowest BCUT2D eigenvalue weighted by atomic mass is 9.87. The topological polar surface area (TPSA) is 81.1 Å². The largest absolute Gasteiger partial charge is 0.493 e. The number of ether oxygens (including phenoxy) is 2. The first-order chi connectivity index (χ1) is 14.6. The van der Waals surface area contributed by atoms with Gasteiger partial charge >= 0.3 is 6.03 Å². The zero-order valence-electron chi connectivity index (χ0n) is 17.4. The molecule has 2 aliphatic rings. The first kappa shape index (κ1) is 20.2. The Balaban J connectivity index is 1.60. The number of quaternary nitrogens is 1. The predicted molar refractivity (Wildman–Crippen MR) is 112 cm³/mol. The lowest BCUT2D eigenvalue weighted by Gasteiger charge is -2.34. The molecule has 1 heterocycles. The van der Waals surface area contributed by atoms with E-state index in [0.717, 1.165) is 41.8 Å². The third kappa shape index (κ3) is 4.41. The Bertz CT molecular complexity index is 928. The second kappa shape index (κ2) is 8.75. The molecule has 1 saturated carbocycles. The van der Waals surface area contributed by atoms with E-state index in [1.807, 2.05) is 30.3 Å². The van der Waals surface area contributed by atoms with Gasteiger partial charge in [0.25, 0.3) is 5.91 Å². The fraction of sp³-hybridized carbons (Fsp3) is 0.391. The molecule has 4 rings (SSSR count). The van der Waals surface area contributed by atoms with Crippen molar-refractivity contribution in [2.24, 2.45) is 0 Å². The summed E-state index contributed by atoms with van der Waals surface area (Å²) in [6, 6.07) is 14.0. The van der Waals surface area contributed by atoms with Crippen molar-refractivity contribution in [3.63, 3.8) is 0 Å². The monoisotopic (exact) mass is 410 g/mol. The number of hydrogen-bond acceptors (Lipinski definition) is 4. The summed E-state index contributed by atoms with van der Waals surface area (Å²) in [4.78, 5) is 25.7. The lowest BCUT2D eigenvalue weighted by molar-refractivity contribution is -0.920. The molecule has 2 atom stereocenters. The number of nitrogens with one attached hydrogen (secondary N) is 3. The quantitative estimate of drug-likeness (QED) is 0.669. The van der Waals surface area contributed by atoms with E-state index in [9.17, 15) is 9.59 Å². The van der Waals surface area contributed by atoms with Gasteiger partial charge < -0.3 is 19.7 Å². The normalized spacial score (nSPS) is 20.1. The number of urea groups is 1. The van der Waals surface area contributed by atoms with Crippen molar-refractivity contribution in [3.8, 4) is 11.5 Å². The van der Waals surface area contributed by atoms with Crippen LogP contribution in [0.1, 0.15) is 35.6 Å². The Labute approximate surface area is 176 Å². The summed E-state index contributed by atoms with van der Waals surface area (Å²) in [5, 5.41) is 5.28. The van der Waals surface area contributed by atoms with Gasteiger partial charge in [0.15, 0.2) is 18.0 Å². The average molecular weight is 410 g/mol. The van der Waals surface area contributed by atoms with Gasteiger partial charge in [0, 0.05) is 23.6 Å². The van der Waals surface area contributed by atoms with Crippen LogP contribution in [0, 0.1) is 0 Å². The molecule has 158 valence electrons. The molecule has 7 nitrogen and oxygen atoms in total. The van der Waals surface area contributed by atoms with Crippen molar-refractivity contribution >= 4 is 11.9 Å². The summed E-state index contributed by atoms with van der Waals surface area (Å²) < 4.78 is 11.0. The molecule has 0 radical (unpaired) electrons. The summed E-state index contributed by atoms with van der Waals surface area (Å²) in [7, 11) is 3.26. The summed E-state index contributed by atoms with van der Waals surface area (Å²) >= 11 is 0. The van der Waals surface area contributed by atoms with Crippen LogP contribution < -0.4 is 25.0 Å². The van der Waals surface area contributed by atoms with Gasteiger partial charge in [-0.1, -0.05) is 30.3 Å². The maximum absolute atomic E-state index is 12.6. The molecule has 1 unspecified atom stereocenters. The van der Waals surface area contributed by atoms with Crippen LogP contribution in [0.5, 0.6) is 11.5 Å². The first-order valence-corrected chi connectivity index (χ1v) is 10.3. The van der Waals surface area contributed by atoms with Crippen molar-refractivity contribution in [1.82, 2.24) is 10.6 Å². The molecular formula is C23H28N3O4+. The number of imide groups is 1. The zero-order valence-corrected chi connectivity index (χ0v) is 17.4. The molecule has 2 aromatic carbocycles. The Morgan fingerprint density at radius 2 is 1.77 bits per heavy atom. The van der Waals surface area contributed by atoms with Crippen molar-refractivity contribution in [2.45, 2.75) is 31.3 Å². The van der Waals surface area contributed by atoms with E-state index in [4.69, 9.17) is 9.47 Å². The smallest absolute Gasteiger partial charge is 0.321 e. The molecule has 1 fully saturated rings. The molecule has 7 heteroatoms. The Morgan fingerprint density at radius 1 is 1.07 bits per heavy atom. The molecular weight excluding hydrogens is 382 g/mol. The van der Waals surface area contributed by atoms with E-state index in [2.05, 4.69) is 22.8 Å². The molecule has 3 N–H and O–H groups in total. The summed E-state index contributed by atoms with van der Waals surface area (Å²) in [5.41, 5.74) is 3.43. The molecule has 1 aliphatic carbocycles. The fourth-order valence-electron chi connectivity index (χ4n) is 4.16. The number of fused-ring (bicyclic) bond motifs is 1. The van der Waals surface area contributed by atoms with Crippen LogP contribution in [-0.4, -0.2) is 45.3 Å². The van der Waals surface area contributed by atoms with Crippen molar-refractivity contribution in [1.29, 1.82) is 0 Å². The maximum atomic E-state index is 12.6. The van der Waals surface area contributed by atoms with Gasteiger partial charge in [-0.25, -0.2) is 4.79 Å². The van der Waals surface area contributed by atoms with Gasteiger partial charge in [-0.05, 0) is 30.5 Å². The lowest BCUT2D eigenvalue weighted by Crippen LogP contribution is -3.14. The van der Waals surface area contributed by atoms with Crippen LogP contribution in [0.2, 0.25) is 0 Å². The van der Waals surface area contributed by atoms with Crippen LogP contribution in [0.15, 0.2) is 42.5 Å².